The van der Waals surface area contributed by atoms with Crippen molar-refractivity contribution in [3.8, 4) is 0 Å². The molecule has 2 nitrogen and oxygen atoms in total. The molecule has 1 aliphatic carbocycles. The maximum atomic E-state index is 5.75. The highest BCUT2D eigenvalue weighted by Gasteiger charge is 2.25. The third-order valence-electron chi connectivity index (χ3n) is 3.52. The van der Waals surface area contributed by atoms with E-state index in [0.29, 0.717) is 5.41 Å². The van der Waals surface area contributed by atoms with Crippen LogP contribution in [0.2, 0.25) is 0 Å². The van der Waals surface area contributed by atoms with E-state index in [4.69, 9.17) is 5.73 Å². The average molecular weight is 206 g/mol. The van der Waals surface area contributed by atoms with E-state index < -0.39 is 0 Å². The second-order valence-electron chi connectivity index (χ2n) is 5.23. The third kappa shape index (κ3) is 2.85. The monoisotopic (exact) mass is 206 g/mol. The largest absolute Gasteiger partial charge is 0.399 e. The SMILES string of the molecule is C[C@@]1(CN2CCCCC2)C=CC(N)=CC1. The molecule has 0 unspecified atom stereocenters. The van der Waals surface area contributed by atoms with Crippen molar-refractivity contribution in [3.05, 3.63) is 23.9 Å². The fourth-order valence-corrected chi connectivity index (χ4v) is 2.53. The Hall–Kier alpha value is -0.760. The predicted octanol–water partition coefficient (Wildman–Crippen LogP) is 2.28. The number of likely N-dealkylation sites (tertiary alicyclic amines) is 1. The Morgan fingerprint density at radius 2 is 2.07 bits per heavy atom. The number of nitrogens with zero attached hydrogens (tertiary/aromatic N) is 1. The van der Waals surface area contributed by atoms with Crippen LogP contribution in [0.15, 0.2) is 23.9 Å². The Kier molecular flexibility index (Phi) is 3.15. The summed E-state index contributed by atoms with van der Waals surface area (Å²) in [5, 5.41) is 0. The van der Waals surface area contributed by atoms with Crippen LogP contribution in [0.5, 0.6) is 0 Å². The maximum Gasteiger partial charge on any atom is 0.0270 e. The smallest absolute Gasteiger partial charge is 0.0270 e. The topological polar surface area (TPSA) is 29.3 Å². The maximum absolute atomic E-state index is 5.75. The molecule has 0 aromatic rings. The molecule has 2 heteroatoms. The van der Waals surface area contributed by atoms with E-state index in [-0.39, 0.29) is 0 Å². The van der Waals surface area contributed by atoms with Gasteiger partial charge in [-0.15, -0.1) is 0 Å². The highest BCUT2D eigenvalue weighted by atomic mass is 15.1. The van der Waals surface area contributed by atoms with Crippen molar-refractivity contribution >= 4 is 0 Å². The van der Waals surface area contributed by atoms with Gasteiger partial charge in [-0.3, -0.25) is 0 Å². The molecule has 0 amide bonds. The van der Waals surface area contributed by atoms with E-state index in [1.165, 1.54) is 38.9 Å². The summed E-state index contributed by atoms with van der Waals surface area (Å²) in [7, 11) is 0. The van der Waals surface area contributed by atoms with Crippen LogP contribution in [0, 0.1) is 5.41 Å². The van der Waals surface area contributed by atoms with Crippen molar-refractivity contribution < 1.29 is 0 Å². The molecule has 0 spiro atoms. The van der Waals surface area contributed by atoms with Gasteiger partial charge in [-0.05, 0) is 38.4 Å². The van der Waals surface area contributed by atoms with Gasteiger partial charge in [0.05, 0.1) is 0 Å². The molecule has 0 aromatic heterocycles. The van der Waals surface area contributed by atoms with Crippen LogP contribution >= 0.6 is 0 Å². The van der Waals surface area contributed by atoms with Gasteiger partial charge in [0.15, 0.2) is 0 Å². The molecule has 1 aliphatic heterocycles. The molecular weight excluding hydrogens is 184 g/mol. The summed E-state index contributed by atoms with van der Waals surface area (Å²) in [6.07, 6.45) is 11.8. The fraction of sp³-hybridized carbons (Fsp3) is 0.692. The van der Waals surface area contributed by atoms with Crippen LogP contribution in [0.25, 0.3) is 0 Å². The zero-order valence-electron chi connectivity index (χ0n) is 9.71. The van der Waals surface area contributed by atoms with Crippen molar-refractivity contribution in [1.82, 2.24) is 4.90 Å². The second-order valence-corrected chi connectivity index (χ2v) is 5.23. The first-order chi connectivity index (χ1) is 7.18. The van der Waals surface area contributed by atoms with Gasteiger partial charge in [0.25, 0.3) is 0 Å². The van der Waals surface area contributed by atoms with Gasteiger partial charge in [-0.1, -0.05) is 25.5 Å². The molecule has 1 heterocycles. The van der Waals surface area contributed by atoms with Gasteiger partial charge in [-0.25, -0.2) is 0 Å². The Balaban J connectivity index is 1.90. The number of rotatable bonds is 2. The standard InChI is InChI=1S/C13H22N2/c1-13(7-5-12(14)6-8-13)11-15-9-3-2-4-10-15/h5-7H,2-4,8-11,14H2,1H3/t13-/m1/s1. The molecular formula is C13H22N2. The lowest BCUT2D eigenvalue weighted by Crippen LogP contribution is -2.38. The minimum atomic E-state index is 0.306. The van der Waals surface area contributed by atoms with E-state index in [0.717, 1.165) is 12.1 Å². The molecule has 0 bridgehead atoms. The van der Waals surface area contributed by atoms with E-state index >= 15 is 0 Å². The van der Waals surface area contributed by atoms with Gasteiger partial charge in [0, 0.05) is 17.7 Å². The van der Waals surface area contributed by atoms with Crippen LogP contribution < -0.4 is 5.73 Å². The lowest BCUT2D eigenvalue weighted by Gasteiger charge is -2.36. The van der Waals surface area contributed by atoms with Crippen LogP contribution in [-0.2, 0) is 0 Å². The number of nitrogens with two attached hydrogens (primary N) is 1. The summed E-state index contributed by atoms with van der Waals surface area (Å²) in [5.74, 6) is 0. The molecule has 0 radical (unpaired) electrons. The minimum absolute atomic E-state index is 0.306. The average Bonchev–Trinajstić information content (AvgIpc) is 2.24. The van der Waals surface area contributed by atoms with Gasteiger partial charge >= 0.3 is 0 Å². The zero-order chi connectivity index (χ0) is 10.7. The Labute approximate surface area is 92.8 Å². The Bertz CT molecular complexity index is 274. The van der Waals surface area contributed by atoms with Crippen LogP contribution in [0.3, 0.4) is 0 Å². The van der Waals surface area contributed by atoms with Gasteiger partial charge in [-0.2, -0.15) is 0 Å². The summed E-state index contributed by atoms with van der Waals surface area (Å²) in [5.41, 5.74) is 6.98. The number of hydrogen-bond acceptors (Lipinski definition) is 2. The van der Waals surface area contributed by atoms with Crippen molar-refractivity contribution in [1.29, 1.82) is 0 Å². The number of piperidine rings is 1. The first-order valence-corrected chi connectivity index (χ1v) is 6.05. The number of hydrogen-bond donors (Lipinski definition) is 1. The van der Waals surface area contributed by atoms with Gasteiger partial charge < -0.3 is 10.6 Å². The molecule has 2 rings (SSSR count). The van der Waals surface area contributed by atoms with Gasteiger partial charge in [0.1, 0.15) is 0 Å². The number of allylic oxidation sites excluding steroid dienone is 2. The summed E-state index contributed by atoms with van der Waals surface area (Å²) in [4.78, 5) is 2.60. The van der Waals surface area contributed by atoms with Crippen molar-refractivity contribution in [2.45, 2.75) is 32.6 Å². The Morgan fingerprint density at radius 1 is 1.33 bits per heavy atom. The molecule has 15 heavy (non-hydrogen) atoms. The summed E-state index contributed by atoms with van der Waals surface area (Å²) in [6, 6.07) is 0. The van der Waals surface area contributed by atoms with E-state index in [9.17, 15) is 0 Å². The molecule has 2 aliphatic rings. The molecule has 84 valence electrons. The van der Waals surface area contributed by atoms with E-state index in [1.807, 2.05) is 0 Å². The third-order valence-corrected chi connectivity index (χ3v) is 3.52. The van der Waals surface area contributed by atoms with E-state index in [1.54, 1.807) is 0 Å². The zero-order valence-corrected chi connectivity index (χ0v) is 9.71. The summed E-state index contributed by atoms with van der Waals surface area (Å²) < 4.78 is 0. The highest BCUT2D eigenvalue weighted by molar-refractivity contribution is 5.23. The summed E-state index contributed by atoms with van der Waals surface area (Å²) >= 11 is 0. The summed E-state index contributed by atoms with van der Waals surface area (Å²) in [6.45, 7) is 6.08. The first kappa shape index (κ1) is 10.7. The van der Waals surface area contributed by atoms with Crippen molar-refractivity contribution in [2.24, 2.45) is 11.1 Å². The first-order valence-electron chi connectivity index (χ1n) is 6.05. The van der Waals surface area contributed by atoms with Crippen molar-refractivity contribution in [2.75, 3.05) is 19.6 Å². The normalized spacial score (nSPS) is 32.7. The Morgan fingerprint density at radius 3 is 2.67 bits per heavy atom. The molecule has 1 atom stereocenters. The molecule has 0 aromatic carbocycles. The van der Waals surface area contributed by atoms with Gasteiger partial charge in [0.2, 0.25) is 0 Å². The molecule has 0 saturated carbocycles. The predicted molar refractivity (Wildman–Crippen MR) is 64.4 cm³/mol. The molecule has 2 N–H and O–H groups in total. The molecule has 1 saturated heterocycles. The highest BCUT2D eigenvalue weighted by Crippen LogP contribution is 2.30. The minimum Gasteiger partial charge on any atom is -0.399 e. The second kappa shape index (κ2) is 4.40. The van der Waals surface area contributed by atoms with Crippen LogP contribution in [-0.4, -0.2) is 24.5 Å². The quantitative estimate of drug-likeness (QED) is 0.751. The molecule has 1 fully saturated rings. The van der Waals surface area contributed by atoms with Crippen molar-refractivity contribution in [3.63, 3.8) is 0 Å². The van der Waals surface area contributed by atoms with Crippen LogP contribution in [0.1, 0.15) is 32.6 Å². The fourth-order valence-electron chi connectivity index (χ4n) is 2.53. The lowest BCUT2D eigenvalue weighted by molar-refractivity contribution is 0.169. The lowest BCUT2D eigenvalue weighted by atomic mass is 9.82. The van der Waals surface area contributed by atoms with E-state index in [2.05, 4.69) is 30.1 Å². The van der Waals surface area contributed by atoms with Crippen LogP contribution in [0.4, 0.5) is 0 Å².